The fourth-order valence-corrected chi connectivity index (χ4v) is 2.46. The van der Waals surface area contributed by atoms with E-state index < -0.39 is 15.6 Å². The molecule has 3 nitrogen and oxygen atoms in total. The van der Waals surface area contributed by atoms with Crippen molar-refractivity contribution in [3.8, 4) is 0 Å². The van der Waals surface area contributed by atoms with Crippen molar-refractivity contribution in [3.05, 3.63) is 24.3 Å². The summed E-state index contributed by atoms with van der Waals surface area (Å²) in [6.07, 6.45) is 2.93. The number of halogens is 2. The van der Waals surface area contributed by atoms with Gasteiger partial charge in [0, 0.05) is 6.54 Å². The lowest BCUT2D eigenvalue weighted by Crippen LogP contribution is -2.14. The second-order valence-electron chi connectivity index (χ2n) is 3.94. The third kappa shape index (κ3) is 3.66. The second kappa shape index (κ2) is 6.68. The highest BCUT2D eigenvalue weighted by atomic mass is 32.2. The van der Waals surface area contributed by atoms with E-state index in [0.29, 0.717) is 6.54 Å². The largest absolute Gasteiger partial charge is 0.384 e. The summed E-state index contributed by atoms with van der Waals surface area (Å²) in [5, 5.41) is 2.90. The van der Waals surface area contributed by atoms with E-state index in [1.165, 1.54) is 18.2 Å². The summed E-state index contributed by atoms with van der Waals surface area (Å²) in [5.41, 5.74) is 0.244. The highest BCUT2D eigenvalue weighted by Gasteiger charge is 2.28. The molecule has 0 unspecified atom stereocenters. The Bertz CT molecular complexity index is 475. The van der Waals surface area contributed by atoms with Crippen molar-refractivity contribution in [2.75, 3.05) is 11.9 Å². The van der Waals surface area contributed by atoms with E-state index in [-0.39, 0.29) is 10.6 Å². The number of hydrogen-bond donors (Lipinski definition) is 1. The van der Waals surface area contributed by atoms with Gasteiger partial charge in [-0.3, -0.25) is 0 Å². The average molecular weight is 277 g/mol. The van der Waals surface area contributed by atoms with Gasteiger partial charge in [0.1, 0.15) is 0 Å². The molecule has 0 fully saturated rings. The molecule has 102 valence electrons. The lowest BCUT2D eigenvalue weighted by molar-refractivity contribution is 0.235. The van der Waals surface area contributed by atoms with Gasteiger partial charge in [-0.2, -0.15) is 8.78 Å². The SMILES string of the molecule is CCCCCNc1ccccc1S(=O)(=O)C(F)F. The standard InChI is InChI=1S/C12H17F2NO2S/c1-2-3-6-9-15-10-7-4-5-8-11(10)18(16,17)12(13)14/h4-5,7-8,12,15H,2-3,6,9H2,1H3. The molecule has 0 aliphatic heterocycles. The molecule has 0 saturated carbocycles. The molecule has 0 spiro atoms. The van der Waals surface area contributed by atoms with Crippen LogP contribution in [0.3, 0.4) is 0 Å². The van der Waals surface area contributed by atoms with E-state index in [1.807, 2.05) is 0 Å². The third-order valence-corrected chi connectivity index (χ3v) is 3.96. The van der Waals surface area contributed by atoms with Crippen molar-refractivity contribution in [2.45, 2.75) is 36.8 Å². The van der Waals surface area contributed by atoms with Crippen LogP contribution in [0.25, 0.3) is 0 Å². The van der Waals surface area contributed by atoms with Gasteiger partial charge in [0.05, 0.1) is 10.6 Å². The van der Waals surface area contributed by atoms with Crippen molar-refractivity contribution in [1.29, 1.82) is 0 Å². The summed E-state index contributed by atoms with van der Waals surface area (Å²) in [5.74, 6) is -3.39. The van der Waals surface area contributed by atoms with Gasteiger partial charge in [0.15, 0.2) is 0 Å². The second-order valence-corrected chi connectivity index (χ2v) is 5.82. The van der Waals surface area contributed by atoms with Gasteiger partial charge in [0.2, 0.25) is 9.84 Å². The Kier molecular flexibility index (Phi) is 5.53. The number of rotatable bonds is 7. The van der Waals surface area contributed by atoms with E-state index >= 15 is 0 Å². The molecule has 0 radical (unpaired) electrons. The molecule has 0 aliphatic carbocycles. The molecule has 6 heteroatoms. The van der Waals surface area contributed by atoms with Gasteiger partial charge in [-0.1, -0.05) is 31.9 Å². The first-order chi connectivity index (χ1) is 8.50. The fourth-order valence-electron chi connectivity index (χ4n) is 1.55. The number of benzene rings is 1. The minimum atomic E-state index is -4.55. The van der Waals surface area contributed by atoms with Crippen LogP contribution in [0.4, 0.5) is 14.5 Å². The Balaban J connectivity index is 2.87. The lowest BCUT2D eigenvalue weighted by Gasteiger charge is -2.11. The number of anilines is 1. The molecule has 0 aliphatic rings. The molecule has 1 rings (SSSR count). The number of unbranched alkanes of at least 4 members (excludes halogenated alkanes) is 2. The van der Waals surface area contributed by atoms with Crippen LogP contribution in [0.1, 0.15) is 26.2 Å². The average Bonchev–Trinajstić information content (AvgIpc) is 2.35. The third-order valence-electron chi connectivity index (χ3n) is 2.52. The highest BCUT2D eigenvalue weighted by Crippen LogP contribution is 2.25. The topological polar surface area (TPSA) is 46.2 Å². The molecule has 0 bridgehead atoms. The zero-order valence-corrected chi connectivity index (χ0v) is 11.0. The maximum Gasteiger partial charge on any atom is 0.341 e. The van der Waals surface area contributed by atoms with Crippen molar-refractivity contribution < 1.29 is 17.2 Å². The van der Waals surface area contributed by atoms with Crippen molar-refractivity contribution in [1.82, 2.24) is 0 Å². The van der Waals surface area contributed by atoms with Crippen LogP contribution in [0.5, 0.6) is 0 Å². The normalized spacial score (nSPS) is 11.8. The molecule has 0 saturated heterocycles. The number of hydrogen-bond acceptors (Lipinski definition) is 3. The molecule has 1 aromatic rings. The molecule has 1 aromatic carbocycles. The Hall–Kier alpha value is -1.17. The fraction of sp³-hybridized carbons (Fsp3) is 0.500. The summed E-state index contributed by atoms with van der Waals surface area (Å²) < 4.78 is 47.9. The maximum atomic E-state index is 12.5. The van der Waals surface area contributed by atoms with E-state index in [1.54, 1.807) is 6.07 Å². The van der Waals surface area contributed by atoms with Crippen LogP contribution in [0, 0.1) is 0 Å². The van der Waals surface area contributed by atoms with Crippen LogP contribution in [0.2, 0.25) is 0 Å². The molecular weight excluding hydrogens is 260 g/mol. The lowest BCUT2D eigenvalue weighted by atomic mass is 10.2. The zero-order chi connectivity index (χ0) is 13.6. The van der Waals surface area contributed by atoms with Crippen molar-refractivity contribution in [3.63, 3.8) is 0 Å². The summed E-state index contributed by atoms with van der Waals surface area (Å²) in [4.78, 5) is -0.337. The minimum absolute atomic E-state index is 0.244. The van der Waals surface area contributed by atoms with Gasteiger partial charge in [0.25, 0.3) is 0 Å². The van der Waals surface area contributed by atoms with E-state index in [2.05, 4.69) is 12.2 Å². The smallest absolute Gasteiger partial charge is 0.341 e. The van der Waals surface area contributed by atoms with Gasteiger partial charge in [-0.15, -0.1) is 0 Å². The monoisotopic (exact) mass is 277 g/mol. The number of alkyl halides is 2. The number of para-hydroxylation sites is 1. The molecule has 1 N–H and O–H groups in total. The van der Waals surface area contributed by atoms with Crippen LogP contribution in [-0.4, -0.2) is 20.7 Å². The summed E-state index contributed by atoms with van der Waals surface area (Å²) in [7, 11) is -4.55. The van der Waals surface area contributed by atoms with Crippen molar-refractivity contribution >= 4 is 15.5 Å². The molecule has 0 heterocycles. The Labute approximate surface area is 106 Å². The first kappa shape index (κ1) is 14.9. The zero-order valence-electron chi connectivity index (χ0n) is 10.2. The van der Waals surface area contributed by atoms with Gasteiger partial charge < -0.3 is 5.32 Å². The molecule has 0 atom stereocenters. The predicted octanol–water partition coefficient (Wildman–Crippen LogP) is 3.29. The number of nitrogens with one attached hydrogen (secondary N) is 1. The Morgan fingerprint density at radius 2 is 1.89 bits per heavy atom. The quantitative estimate of drug-likeness (QED) is 0.778. The Morgan fingerprint density at radius 1 is 1.22 bits per heavy atom. The van der Waals surface area contributed by atoms with E-state index in [4.69, 9.17) is 0 Å². The van der Waals surface area contributed by atoms with Crippen LogP contribution in [-0.2, 0) is 9.84 Å². The molecular formula is C12H17F2NO2S. The molecule has 0 aromatic heterocycles. The first-order valence-electron chi connectivity index (χ1n) is 5.85. The maximum absolute atomic E-state index is 12.5. The molecule has 0 amide bonds. The molecule has 18 heavy (non-hydrogen) atoms. The van der Waals surface area contributed by atoms with Crippen LogP contribution >= 0.6 is 0 Å². The predicted molar refractivity (Wildman–Crippen MR) is 67.6 cm³/mol. The van der Waals surface area contributed by atoms with Gasteiger partial charge in [-0.05, 0) is 18.6 Å². The summed E-state index contributed by atoms with van der Waals surface area (Å²) in [6.45, 7) is 2.62. The van der Waals surface area contributed by atoms with Crippen molar-refractivity contribution in [2.24, 2.45) is 0 Å². The van der Waals surface area contributed by atoms with Crippen LogP contribution in [0.15, 0.2) is 29.2 Å². The Morgan fingerprint density at radius 3 is 2.50 bits per heavy atom. The summed E-state index contributed by atoms with van der Waals surface area (Å²) >= 11 is 0. The van der Waals surface area contributed by atoms with Gasteiger partial charge >= 0.3 is 5.76 Å². The van der Waals surface area contributed by atoms with Crippen LogP contribution < -0.4 is 5.32 Å². The van der Waals surface area contributed by atoms with E-state index in [0.717, 1.165) is 19.3 Å². The summed E-state index contributed by atoms with van der Waals surface area (Å²) in [6, 6.07) is 5.75. The highest BCUT2D eigenvalue weighted by molar-refractivity contribution is 7.91. The minimum Gasteiger partial charge on any atom is -0.384 e. The first-order valence-corrected chi connectivity index (χ1v) is 7.39. The van der Waals surface area contributed by atoms with Gasteiger partial charge in [-0.25, -0.2) is 8.42 Å². The number of sulfone groups is 1. The van der Waals surface area contributed by atoms with E-state index in [9.17, 15) is 17.2 Å².